The Balaban J connectivity index is 1.88. The summed E-state index contributed by atoms with van der Waals surface area (Å²) in [5.41, 5.74) is 2.29. The van der Waals surface area contributed by atoms with Gasteiger partial charge >= 0.3 is 6.03 Å². The molecule has 0 aromatic heterocycles. The van der Waals surface area contributed by atoms with Crippen LogP contribution in [0.4, 0.5) is 20.6 Å². The number of nitrogens with one attached hydrogen (secondary N) is 1. The first-order chi connectivity index (χ1) is 11.1. The van der Waals surface area contributed by atoms with Crippen molar-refractivity contribution in [2.45, 2.75) is 19.8 Å². The number of amides is 2. The van der Waals surface area contributed by atoms with Crippen molar-refractivity contribution < 1.29 is 9.18 Å². The molecule has 3 rings (SSSR count). The molecular formula is C18H18FN3O. The van der Waals surface area contributed by atoms with E-state index in [1.807, 2.05) is 31.2 Å². The van der Waals surface area contributed by atoms with Crippen LogP contribution in [0.15, 0.2) is 53.5 Å². The molecule has 1 aliphatic heterocycles. The van der Waals surface area contributed by atoms with Crippen molar-refractivity contribution in [1.29, 1.82) is 0 Å². The molecule has 1 N–H and O–H groups in total. The van der Waals surface area contributed by atoms with E-state index in [0.29, 0.717) is 30.2 Å². The minimum Gasteiger partial charge on any atom is -0.307 e. The van der Waals surface area contributed by atoms with Crippen LogP contribution in [0.1, 0.15) is 18.4 Å². The van der Waals surface area contributed by atoms with Crippen molar-refractivity contribution in [3.8, 4) is 0 Å². The van der Waals surface area contributed by atoms with E-state index in [9.17, 15) is 9.18 Å². The lowest BCUT2D eigenvalue weighted by Gasteiger charge is -2.23. The lowest BCUT2D eigenvalue weighted by Crippen LogP contribution is -2.39. The molecule has 0 fully saturated rings. The summed E-state index contributed by atoms with van der Waals surface area (Å²) in [4.78, 5) is 18.5. The smallest absolute Gasteiger partial charge is 0.307 e. The standard InChI is InChI=1S/C18H18FN3O/c1-13-7-9-15(10-8-13)21-18(23)22(17-6-3-11-20-17)16-5-2-4-14(19)12-16/h2,4-5,7-10,12H,3,6,11H2,1H3,(H,21,23). The molecule has 4 nitrogen and oxygen atoms in total. The molecule has 2 aromatic rings. The van der Waals surface area contributed by atoms with Gasteiger partial charge in [0, 0.05) is 18.7 Å². The average Bonchev–Trinajstić information content (AvgIpc) is 3.04. The molecule has 0 atom stereocenters. The van der Waals surface area contributed by atoms with Gasteiger partial charge in [0.05, 0.1) is 5.69 Å². The number of halogens is 1. The first-order valence-electron chi connectivity index (χ1n) is 7.60. The lowest BCUT2D eigenvalue weighted by atomic mass is 10.2. The van der Waals surface area contributed by atoms with E-state index in [1.165, 1.54) is 17.0 Å². The zero-order valence-corrected chi connectivity index (χ0v) is 12.9. The number of amidine groups is 1. The topological polar surface area (TPSA) is 44.7 Å². The van der Waals surface area contributed by atoms with Crippen LogP contribution in [0.2, 0.25) is 0 Å². The van der Waals surface area contributed by atoms with Crippen LogP contribution in [-0.4, -0.2) is 18.4 Å². The number of anilines is 2. The third-order valence-corrected chi connectivity index (χ3v) is 3.68. The van der Waals surface area contributed by atoms with Gasteiger partial charge in [0.25, 0.3) is 0 Å². The SMILES string of the molecule is Cc1ccc(NC(=O)N(C2=NCCC2)c2cccc(F)c2)cc1. The fourth-order valence-electron chi connectivity index (χ4n) is 2.52. The molecule has 1 heterocycles. The van der Waals surface area contributed by atoms with Crippen LogP contribution >= 0.6 is 0 Å². The predicted octanol–water partition coefficient (Wildman–Crippen LogP) is 4.36. The van der Waals surface area contributed by atoms with Crippen molar-refractivity contribution >= 4 is 23.2 Å². The maximum absolute atomic E-state index is 13.6. The van der Waals surface area contributed by atoms with E-state index in [1.54, 1.807) is 12.1 Å². The molecule has 0 radical (unpaired) electrons. The number of hydrogen-bond donors (Lipinski definition) is 1. The quantitative estimate of drug-likeness (QED) is 0.879. The summed E-state index contributed by atoms with van der Waals surface area (Å²) in [6, 6.07) is 13.2. The summed E-state index contributed by atoms with van der Waals surface area (Å²) in [6.07, 6.45) is 1.61. The number of nitrogens with zero attached hydrogens (tertiary/aromatic N) is 2. The molecule has 0 saturated heterocycles. The third kappa shape index (κ3) is 3.56. The average molecular weight is 311 g/mol. The first kappa shape index (κ1) is 15.2. The highest BCUT2D eigenvalue weighted by atomic mass is 19.1. The van der Waals surface area contributed by atoms with Crippen LogP contribution in [0.5, 0.6) is 0 Å². The molecule has 0 spiro atoms. The van der Waals surface area contributed by atoms with Gasteiger partial charge in [-0.25, -0.2) is 9.18 Å². The molecule has 0 aliphatic carbocycles. The monoisotopic (exact) mass is 311 g/mol. The highest BCUT2D eigenvalue weighted by molar-refractivity contribution is 6.20. The highest BCUT2D eigenvalue weighted by Crippen LogP contribution is 2.22. The van der Waals surface area contributed by atoms with Gasteiger partial charge in [0.2, 0.25) is 0 Å². The summed E-state index contributed by atoms with van der Waals surface area (Å²) in [7, 11) is 0. The molecule has 5 heteroatoms. The van der Waals surface area contributed by atoms with Crippen LogP contribution in [-0.2, 0) is 0 Å². The van der Waals surface area contributed by atoms with Crippen LogP contribution in [0.25, 0.3) is 0 Å². The van der Waals surface area contributed by atoms with E-state index in [4.69, 9.17) is 0 Å². The Labute approximate surface area is 134 Å². The maximum Gasteiger partial charge on any atom is 0.331 e. The molecule has 0 saturated carbocycles. The molecule has 0 bridgehead atoms. The Morgan fingerprint density at radius 1 is 1.22 bits per heavy atom. The summed E-state index contributed by atoms with van der Waals surface area (Å²) in [5.74, 6) is 0.287. The predicted molar refractivity (Wildman–Crippen MR) is 90.6 cm³/mol. The van der Waals surface area contributed by atoms with Crippen molar-refractivity contribution in [2.75, 3.05) is 16.8 Å². The number of urea groups is 1. The second kappa shape index (κ2) is 6.60. The third-order valence-electron chi connectivity index (χ3n) is 3.68. The first-order valence-corrected chi connectivity index (χ1v) is 7.60. The zero-order valence-electron chi connectivity index (χ0n) is 12.9. The minimum atomic E-state index is -0.380. The molecule has 2 aromatic carbocycles. The Bertz CT molecular complexity index is 740. The number of carbonyl (C=O) groups is 1. The van der Waals surface area contributed by atoms with Gasteiger partial charge in [-0.1, -0.05) is 23.8 Å². The molecule has 0 unspecified atom stereocenters. The van der Waals surface area contributed by atoms with Crippen molar-refractivity contribution in [3.63, 3.8) is 0 Å². The molecule has 1 aliphatic rings. The van der Waals surface area contributed by atoms with E-state index in [0.717, 1.165) is 12.0 Å². The van der Waals surface area contributed by atoms with Crippen LogP contribution in [0, 0.1) is 12.7 Å². The largest absolute Gasteiger partial charge is 0.331 e. The molecule has 118 valence electrons. The van der Waals surface area contributed by atoms with Gasteiger partial charge in [0.1, 0.15) is 11.7 Å². The fourth-order valence-corrected chi connectivity index (χ4v) is 2.52. The van der Waals surface area contributed by atoms with Crippen molar-refractivity contribution in [2.24, 2.45) is 4.99 Å². The Hall–Kier alpha value is -2.69. The number of rotatable bonds is 2. The molecule has 23 heavy (non-hydrogen) atoms. The normalized spacial score (nSPS) is 13.6. The number of hydrogen-bond acceptors (Lipinski definition) is 2. The zero-order chi connectivity index (χ0) is 16.2. The van der Waals surface area contributed by atoms with Gasteiger partial charge in [-0.3, -0.25) is 9.89 Å². The fraction of sp³-hybridized carbons (Fsp3) is 0.222. The summed E-state index contributed by atoms with van der Waals surface area (Å²) < 4.78 is 13.6. The lowest BCUT2D eigenvalue weighted by molar-refractivity contribution is 0.259. The molecule has 2 amide bonds. The van der Waals surface area contributed by atoms with E-state index >= 15 is 0 Å². The van der Waals surface area contributed by atoms with Gasteiger partial charge < -0.3 is 5.32 Å². The van der Waals surface area contributed by atoms with E-state index < -0.39 is 0 Å². The van der Waals surface area contributed by atoms with Crippen molar-refractivity contribution in [3.05, 3.63) is 59.9 Å². The Morgan fingerprint density at radius 3 is 2.65 bits per heavy atom. The minimum absolute atomic E-state index is 0.333. The number of aryl methyl sites for hydroxylation is 1. The summed E-state index contributed by atoms with van der Waals surface area (Å²) >= 11 is 0. The number of carbonyl (C=O) groups excluding carboxylic acids is 1. The van der Waals surface area contributed by atoms with Gasteiger partial charge in [0.15, 0.2) is 0 Å². The van der Waals surface area contributed by atoms with Gasteiger partial charge in [-0.05, 0) is 43.7 Å². The van der Waals surface area contributed by atoms with E-state index in [2.05, 4.69) is 10.3 Å². The summed E-state index contributed by atoms with van der Waals surface area (Å²) in [5, 5.41) is 2.85. The van der Waals surface area contributed by atoms with E-state index in [-0.39, 0.29) is 11.8 Å². The van der Waals surface area contributed by atoms with Crippen molar-refractivity contribution in [1.82, 2.24) is 0 Å². The summed E-state index contributed by atoms with van der Waals surface area (Å²) in [6.45, 7) is 2.68. The maximum atomic E-state index is 13.6. The number of aliphatic imine (C=N–C) groups is 1. The van der Waals surface area contributed by atoms with Gasteiger partial charge in [-0.15, -0.1) is 0 Å². The van der Waals surface area contributed by atoms with Gasteiger partial charge in [-0.2, -0.15) is 0 Å². The Kier molecular flexibility index (Phi) is 4.37. The highest BCUT2D eigenvalue weighted by Gasteiger charge is 2.24. The second-order valence-corrected chi connectivity index (χ2v) is 5.51. The van der Waals surface area contributed by atoms with Crippen LogP contribution in [0.3, 0.4) is 0 Å². The Morgan fingerprint density at radius 2 is 2.00 bits per heavy atom. The molecular weight excluding hydrogens is 293 g/mol. The van der Waals surface area contributed by atoms with Crippen LogP contribution < -0.4 is 10.2 Å². The number of benzene rings is 2. The second-order valence-electron chi connectivity index (χ2n) is 5.51.